The maximum atomic E-state index is 12.9. The van der Waals surface area contributed by atoms with Gasteiger partial charge in [-0.2, -0.15) is 0 Å². The summed E-state index contributed by atoms with van der Waals surface area (Å²) in [6.07, 6.45) is 0. The lowest BCUT2D eigenvalue weighted by Gasteiger charge is -2.17. The zero-order chi connectivity index (χ0) is 10.7. The number of rotatable bonds is 3. The number of halogens is 3. The van der Waals surface area contributed by atoms with Crippen LogP contribution in [0.15, 0.2) is 18.2 Å². The molecule has 0 N–H and O–H groups in total. The minimum atomic E-state index is -0.785. The molecular weight excluding hydrogens is 250 g/mol. The first kappa shape index (κ1) is 11.6. The molecule has 0 nitrogen and oxygen atoms in total. The van der Waals surface area contributed by atoms with Gasteiger partial charge in [-0.15, -0.1) is 0 Å². The van der Waals surface area contributed by atoms with Crippen LogP contribution in [-0.4, -0.2) is 5.33 Å². The van der Waals surface area contributed by atoms with E-state index in [2.05, 4.69) is 22.9 Å². The molecule has 1 rings (SSSR count). The number of alkyl halides is 1. The third-order valence-corrected chi connectivity index (χ3v) is 3.59. The van der Waals surface area contributed by atoms with E-state index in [1.165, 1.54) is 12.1 Å². The van der Waals surface area contributed by atoms with Crippen LogP contribution < -0.4 is 0 Å². The highest BCUT2D eigenvalue weighted by molar-refractivity contribution is 9.09. The first-order valence-electron chi connectivity index (χ1n) is 4.57. The van der Waals surface area contributed by atoms with Gasteiger partial charge in [0, 0.05) is 5.33 Å². The highest BCUT2D eigenvalue weighted by atomic mass is 79.9. The van der Waals surface area contributed by atoms with Gasteiger partial charge in [-0.1, -0.05) is 35.8 Å². The van der Waals surface area contributed by atoms with Crippen LogP contribution >= 0.6 is 15.9 Å². The molecule has 78 valence electrons. The summed E-state index contributed by atoms with van der Waals surface area (Å²) in [5, 5.41) is 0.854. The third-order valence-electron chi connectivity index (χ3n) is 2.57. The van der Waals surface area contributed by atoms with E-state index in [0.717, 1.165) is 10.9 Å². The quantitative estimate of drug-likeness (QED) is 0.720. The highest BCUT2D eigenvalue weighted by Crippen LogP contribution is 2.26. The van der Waals surface area contributed by atoms with E-state index in [-0.39, 0.29) is 5.92 Å². The first-order chi connectivity index (χ1) is 6.56. The second-order valence-electron chi connectivity index (χ2n) is 3.59. The molecule has 1 aromatic rings. The minimum absolute atomic E-state index is 0.226. The van der Waals surface area contributed by atoms with E-state index in [9.17, 15) is 8.78 Å². The lowest BCUT2D eigenvalue weighted by Crippen LogP contribution is -2.07. The molecule has 1 aromatic carbocycles. The molecule has 0 fully saturated rings. The molecule has 0 saturated heterocycles. The molecule has 0 radical (unpaired) electrons. The number of hydrogen-bond donors (Lipinski definition) is 0. The Labute approximate surface area is 91.5 Å². The van der Waals surface area contributed by atoms with Gasteiger partial charge in [0.25, 0.3) is 0 Å². The van der Waals surface area contributed by atoms with Crippen molar-refractivity contribution in [2.45, 2.75) is 19.8 Å². The van der Waals surface area contributed by atoms with Crippen LogP contribution in [0.2, 0.25) is 0 Å². The maximum absolute atomic E-state index is 12.9. The van der Waals surface area contributed by atoms with E-state index in [1.54, 1.807) is 6.07 Å². The molecule has 0 saturated carbocycles. The smallest absolute Gasteiger partial charge is 0.159 e. The Morgan fingerprint density at radius 2 is 1.86 bits per heavy atom. The van der Waals surface area contributed by atoms with Gasteiger partial charge in [-0.25, -0.2) is 8.78 Å². The monoisotopic (exact) mass is 262 g/mol. The van der Waals surface area contributed by atoms with Crippen molar-refractivity contribution in [3.05, 3.63) is 35.4 Å². The molecular formula is C11H13BrF2. The Kier molecular flexibility index (Phi) is 4.05. The third kappa shape index (κ3) is 2.53. The predicted molar refractivity (Wildman–Crippen MR) is 57.7 cm³/mol. The Morgan fingerprint density at radius 3 is 2.36 bits per heavy atom. The van der Waals surface area contributed by atoms with E-state index in [1.807, 2.05) is 6.92 Å². The summed E-state index contributed by atoms with van der Waals surface area (Å²) in [4.78, 5) is 0. The molecule has 3 heteroatoms. The Hall–Kier alpha value is -0.440. The summed E-state index contributed by atoms with van der Waals surface area (Å²) < 4.78 is 25.6. The zero-order valence-corrected chi connectivity index (χ0v) is 9.81. The van der Waals surface area contributed by atoms with Crippen molar-refractivity contribution in [1.82, 2.24) is 0 Å². The number of hydrogen-bond acceptors (Lipinski definition) is 0. The van der Waals surface area contributed by atoms with Crippen molar-refractivity contribution in [2.75, 3.05) is 5.33 Å². The molecule has 0 spiro atoms. The predicted octanol–water partition coefficient (Wildman–Crippen LogP) is 4.10. The van der Waals surface area contributed by atoms with Gasteiger partial charge < -0.3 is 0 Å². The van der Waals surface area contributed by atoms with Crippen molar-refractivity contribution in [2.24, 2.45) is 5.92 Å². The van der Waals surface area contributed by atoms with Crippen molar-refractivity contribution < 1.29 is 8.78 Å². The average molecular weight is 263 g/mol. The van der Waals surface area contributed by atoms with E-state index in [4.69, 9.17) is 0 Å². The Bertz CT molecular complexity index is 312. The Balaban J connectivity index is 2.91. The van der Waals surface area contributed by atoms with E-state index in [0.29, 0.717) is 5.92 Å². The molecule has 2 unspecified atom stereocenters. The van der Waals surface area contributed by atoms with E-state index >= 15 is 0 Å². The first-order valence-corrected chi connectivity index (χ1v) is 5.69. The summed E-state index contributed by atoms with van der Waals surface area (Å²) in [5.74, 6) is -0.923. The van der Waals surface area contributed by atoms with Crippen LogP contribution in [0, 0.1) is 17.6 Å². The second-order valence-corrected chi connectivity index (χ2v) is 4.24. The molecule has 0 amide bonds. The van der Waals surface area contributed by atoms with Gasteiger partial charge in [0.1, 0.15) is 0 Å². The second kappa shape index (κ2) is 4.87. The molecule has 14 heavy (non-hydrogen) atoms. The number of benzene rings is 1. The molecule has 0 heterocycles. The molecule has 0 aromatic heterocycles. The SMILES string of the molecule is CC(CBr)C(C)c1ccc(F)c(F)c1. The summed E-state index contributed by atoms with van der Waals surface area (Å²) in [6, 6.07) is 4.10. The van der Waals surface area contributed by atoms with Crippen molar-refractivity contribution in [3.63, 3.8) is 0 Å². The average Bonchev–Trinajstić information content (AvgIpc) is 2.20. The van der Waals surface area contributed by atoms with Gasteiger partial charge in [0.15, 0.2) is 11.6 Å². The lowest BCUT2D eigenvalue weighted by atomic mass is 9.90. The summed E-state index contributed by atoms with van der Waals surface area (Å²) in [5.41, 5.74) is 0.843. The standard InChI is InChI=1S/C11H13BrF2/c1-7(6-12)8(2)9-3-4-10(13)11(14)5-9/h3-5,7-8H,6H2,1-2H3. The van der Waals surface area contributed by atoms with Gasteiger partial charge >= 0.3 is 0 Å². The van der Waals surface area contributed by atoms with Crippen LogP contribution in [0.4, 0.5) is 8.78 Å². The van der Waals surface area contributed by atoms with Crippen LogP contribution in [0.1, 0.15) is 25.3 Å². The summed E-state index contributed by atoms with van der Waals surface area (Å²) in [6.45, 7) is 4.08. The largest absolute Gasteiger partial charge is 0.204 e. The summed E-state index contributed by atoms with van der Waals surface area (Å²) >= 11 is 3.38. The van der Waals surface area contributed by atoms with Gasteiger partial charge in [0.2, 0.25) is 0 Å². The minimum Gasteiger partial charge on any atom is -0.204 e. The van der Waals surface area contributed by atoms with Gasteiger partial charge in [-0.3, -0.25) is 0 Å². The Morgan fingerprint density at radius 1 is 1.21 bits per heavy atom. The molecule has 0 aliphatic rings. The van der Waals surface area contributed by atoms with Crippen molar-refractivity contribution in [1.29, 1.82) is 0 Å². The van der Waals surface area contributed by atoms with Crippen LogP contribution in [0.5, 0.6) is 0 Å². The maximum Gasteiger partial charge on any atom is 0.159 e. The van der Waals surface area contributed by atoms with Crippen LogP contribution in [-0.2, 0) is 0 Å². The normalized spacial score (nSPS) is 15.2. The van der Waals surface area contributed by atoms with Crippen LogP contribution in [0.25, 0.3) is 0 Å². The van der Waals surface area contributed by atoms with E-state index < -0.39 is 11.6 Å². The van der Waals surface area contributed by atoms with Crippen LogP contribution in [0.3, 0.4) is 0 Å². The highest BCUT2D eigenvalue weighted by Gasteiger charge is 2.14. The zero-order valence-electron chi connectivity index (χ0n) is 8.23. The van der Waals surface area contributed by atoms with Gasteiger partial charge in [-0.05, 0) is 29.5 Å². The van der Waals surface area contributed by atoms with Gasteiger partial charge in [0.05, 0.1) is 0 Å². The molecule has 0 aliphatic heterocycles. The fraction of sp³-hybridized carbons (Fsp3) is 0.455. The summed E-state index contributed by atoms with van der Waals surface area (Å²) in [7, 11) is 0. The van der Waals surface area contributed by atoms with Crippen molar-refractivity contribution in [3.8, 4) is 0 Å². The lowest BCUT2D eigenvalue weighted by molar-refractivity contribution is 0.497. The molecule has 0 aliphatic carbocycles. The molecule has 0 bridgehead atoms. The fourth-order valence-corrected chi connectivity index (χ4v) is 1.82. The topological polar surface area (TPSA) is 0 Å². The van der Waals surface area contributed by atoms with Crippen molar-refractivity contribution >= 4 is 15.9 Å². The fourth-order valence-electron chi connectivity index (χ4n) is 1.26. The molecule has 2 atom stereocenters.